The molecule has 15 heteroatoms. The van der Waals surface area contributed by atoms with Crippen LogP contribution in [0, 0.1) is 0 Å². The molecule has 9 aromatic rings. The van der Waals surface area contributed by atoms with Crippen LogP contribution in [0.3, 0.4) is 0 Å². The number of nitrogens with one attached hydrogen (secondary N) is 9. The maximum Gasteiger partial charge on any atom is 0.226 e. The van der Waals surface area contributed by atoms with Crippen molar-refractivity contribution in [3.8, 4) is 0 Å². The standard InChI is InChI=1S/C58H55N9O6/c68-52(25-28-59-55(71)31-40-34-62-49-10-4-1-7-46(40)49)65-43-19-13-37(14-20-43)58(38-15-21-44(22-16-38)66-53(69)26-29-60-56(72)32-41-35-63-50-11-5-2-8-47(41)50)39-17-23-45(24-18-39)67-54(70)27-30-61-57(73)33-42-36-64-51-12-6-3-9-48(42)51/h1-24,34-36,58,62-64H,25-33H2,(H,59,71)(H,60,72)(H,61,73)(H,65,68)(H,66,69)(H,67,70). The van der Waals surface area contributed by atoms with Crippen molar-refractivity contribution in [2.24, 2.45) is 0 Å². The molecule has 0 saturated carbocycles. The lowest BCUT2D eigenvalue weighted by Crippen LogP contribution is -2.28. The van der Waals surface area contributed by atoms with Crippen LogP contribution in [0.1, 0.15) is 58.6 Å². The van der Waals surface area contributed by atoms with Crippen LogP contribution in [-0.2, 0) is 48.0 Å². The number of benzene rings is 6. The number of aromatic nitrogens is 3. The Labute approximate surface area is 420 Å². The fourth-order valence-corrected chi connectivity index (χ4v) is 9.01. The van der Waals surface area contributed by atoms with Gasteiger partial charge in [0.15, 0.2) is 0 Å². The Balaban J connectivity index is 0.801. The van der Waals surface area contributed by atoms with E-state index in [0.717, 1.165) is 66.1 Å². The van der Waals surface area contributed by atoms with E-state index in [0.29, 0.717) is 17.1 Å². The predicted octanol–water partition coefficient (Wildman–Crippen LogP) is 8.37. The molecule has 0 spiro atoms. The van der Waals surface area contributed by atoms with Gasteiger partial charge in [-0.3, -0.25) is 28.8 Å². The number of H-pyrrole nitrogens is 3. The van der Waals surface area contributed by atoms with Gasteiger partial charge in [-0.05, 0) is 88.0 Å². The van der Waals surface area contributed by atoms with E-state index < -0.39 is 0 Å². The van der Waals surface area contributed by atoms with Gasteiger partial charge in [-0.2, -0.15) is 0 Å². The molecule has 6 aromatic carbocycles. The molecular formula is C58H55N9O6. The van der Waals surface area contributed by atoms with E-state index in [2.05, 4.69) is 46.9 Å². The number of hydrogen-bond acceptors (Lipinski definition) is 6. The van der Waals surface area contributed by atoms with Gasteiger partial charge in [0.05, 0.1) is 19.3 Å². The summed E-state index contributed by atoms with van der Waals surface area (Å²) in [7, 11) is 0. The van der Waals surface area contributed by atoms with Crippen LogP contribution in [0.25, 0.3) is 32.7 Å². The Kier molecular flexibility index (Phi) is 15.4. The molecule has 0 atom stereocenters. The average molecular weight is 974 g/mol. The number of fused-ring (bicyclic) bond motifs is 3. The molecule has 368 valence electrons. The van der Waals surface area contributed by atoms with Gasteiger partial charge in [0, 0.05) is 113 Å². The lowest BCUT2D eigenvalue weighted by molar-refractivity contribution is -0.122. The highest BCUT2D eigenvalue weighted by Crippen LogP contribution is 2.34. The molecule has 6 amide bonds. The van der Waals surface area contributed by atoms with Gasteiger partial charge in [0.2, 0.25) is 35.4 Å². The number of carbonyl (C=O) groups excluding carboxylic acids is 6. The topological polar surface area (TPSA) is 222 Å². The monoisotopic (exact) mass is 973 g/mol. The number of carbonyl (C=O) groups is 6. The molecule has 0 bridgehead atoms. The highest BCUT2D eigenvalue weighted by molar-refractivity contribution is 5.94. The minimum atomic E-state index is -0.286. The van der Waals surface area contributed by atoms with Crippen molar-refractivity contribution in [1.29, 1.82) is 0 Å². The van der Waals surface area contributed by atoms with Gasteiger partial charge in [0.1, 0.15) is 0 Å². The number of amides is 6. The molecule has 0 aliphatic carbocycles. The minimum Gasteiger partial charge on any atom is -0.361 e. The van der Waals surface area contributed by atoms with Gasteiger partial charge >= 0.3 is 0 Å². The molecule has 0 fully saturated rings. The maximum absolute atomic E-state index is 13.0. The summed E-state index contributed by atoms with van der Waals surface area (Å²) in [5.74, 6) is -1.52. The third-order valence-electron chi connectivity index (χ3n) is 12.7. The second-order valence-corrected chi connectivity index (χ2v) is 17.9. The summed E-state index contributed by atoms with van der Waals surface area (Å²) in [6.07, 6.45) is 6.38. The number of para-hydroxylation sites is 3. The summed E-state index contributed by atoms with van der Waals surface area (Å²) in [5, 5.41) is 20.3. The fourth-order valence-electron chi connectivity index (χ4n) is 9.01. The Bertz CT molecular complexity index is 3050. The quantitative estimate of drug-likeness (QED) is 0.0322. The third kappa shape index (κ3) is 12.8. The van der Waals surface area contributed by atoms with Gasteiger partial charge in [0.25, 0.3) is 0 Å². The summed E-state index contributed by atoms with van der Waals surface area (Å²) < 4.78 is 0. The zero-order valence-electron chi connectivity index (χ0n) is 40.0. The van der Waals surface area contributed by atoms with Crippen molar-refractivity contribution in [2.45, 2.75) is 44.4 Å². The van der Waals surface area contributed by atoms with Crippen molar-refractivity contribution < 1.29 is 28.8 Å². The molecule has 0 aliphatic rings. The van der Waals surface area contributed by atoms with Crippen molar-refractivity contribution in [1.82, 2.24) is 30.9 Å². The highest BCUT2D eigenvalue weighted by Gasteiger charge is 2.19. The van der Waals surface area contributed by atoms with Crippen LogP contribution < -0.4 is 31.9 Å². The largest absolute Gasteiger partial charge is 0.361 e. The fraction of sp³-hybridized carbons (Fsp3) is 0.172. The summed E-state index contributed by atoms with van der Waals surface area (Å²) in [6, 6.07) is 46.0. The molecule has 9 N–H and O–H groups in total. The molecular weight excluding hydrogens is 919 g/mol. The molecule has 3 heterocycles. The van der Waals surface area contributed by atoms with Crippen LogP contribution in [-0.4, -0.2) is 70.0 Å². The first-order chi connectivity index (χ1) is 35.6. The average Bonchev–Trinajstić information content (AvgIpc) is 4.12. The van der Waals surface area contributed by atoms with Crippen molar-refractivity contribution >= 4 is 85.2 Å². The molecule has 73 heavy (non-hydrogen) atoms. The molecule has 0 saturated heterocycles. The second-order valence-electron chi connectivity index (χ2n) is 17.9. The minimum absolute atomic E-state index is 0.0939. The van der Waals surface area contributed by atoms with Gasteiger partial charge in [-0.15, -0.1) is 0 Å². The van der Waals surface area contributed by atoms with Crippen molar-refractivity contribution in [3.63, 3.8) is 0 Å². The first-order valence-electron chi connectivity index (χ1n) is 24.3. The second kappa shape index (κ2) is 23.1. The molecule has 0 unspecified atom stereocenters. The molecule has 15 nitrogen and oxygen atoms in total. The van der Waals surface area contributed by atoms with Crippen LogP contribution >= 0.6 is 0 Å². The third-order valence-corrected chi connectivity index (χ3v) is 12.7. The summed E-state index contributed by atoms with van der Waals surface area (Å²) in [6.45, 7) is 0.560. The highest BCUT2D eigenvalue weighted by atomic mass is 16.2. The van der Waals surface area contributed by atoms with E-state index in [1.807, 2.05) is 164 Å². The van der Waals surface area contributed by atoms with E-state index in [9.17, 15) is 28.8 Å². The van der Waals surface area contributed by atoms with Crippen LogP contribution in [0.15, 0.2) is 164 Å². The van der Waals surface area contributed by atoms with Crippen LogP contribution in [0.4, 0.5) is 17.1 Å². The molecule has 0 aliphatic heterocycles. The first kappa shape index (κ1) is 48.8. The number of anilines is 3. The van der Waals surface area contributed by atoms with Gasteiger partial charge < -0.3 is 46.9 Å². The lowest BCUT2D eigenvalue weighted by atomic mass is 9.85. The van der Waals surface area contributed by atoms with E-state index in [4.69, 9.17) is 0 Å². The zero-order chi connectivity index (χ0) is 50.5. The predicted molar refractivity (Wildman–Crippen MR) is 285 cm³/mol. The molecule has 0 radical (unpaired) electrons. The van der Waals surface area contributed by atoms with E-state index in [1.165, 1.54) is 0 Å². The van der Waals surface area contributed by atoms with E-state index in [1.54, 1.807) is 0 Å². The van der Waals surface area contributed by atoms with Crippen LogP contribution in [0.2, 0.25) is 0 Å². The summed E-state index contributed by atoms with van der Waals surface area (Å²) >= 11 is 0. The number of hydrogen-bond donors (Lipinski definition) is 9. The SMILES string of the molecule is O=C(Cc1c[nH]c2ccccc12)NCCC(=O)Nc1ccc(C(c2ccc(NC(=O)CCNC(=O)Cc3c[nH]c4ccccc34)cc2)c2ccc(NC(=O)CCNC(=O)Cc3c[nH]c4ccccc34)cc2)cc1. The maximum atomic E-state index is 13.0. The van der Waals surface area contributed by atoms with Crippen molar-refractivity contribution in [3.05, 3.63) is 198 Å². The Hall–Kier alpha value is -9.24. The zero-order valence-corrected chi connectivity index (χ0v) is 40.0. The smallest absolute Gasteiger partial charge is 0.226 e. The lowest BCUT2D eigenvalue weighted by Gasteiger charge is -2.20. The molecule has 9 rings (SSSR count). The van der Waals surface area contributed by atoms with Gasteiger partial charge in [-0.25, -0.2) is 0 Å². The normalized spacial score (nSPS) is 11.1. The van der Waals surface area contributed by atoms with E-state index >= 15 is 0 Å². The number of rotatable bonds is 21. The number of aromatic amines is 3. The van der Waals surface area contributed by atoms with Crippen molar-refractivity contribution in [2.75, 3.05) is 35.6 Å². The molecule has 3 aromatic heterocycles. The first-order valence-corrected chi connectivity index (χ1v) is 24.3. The summed E-state index contributed by atoms with van der Waals surface area (Å²) in [5.41, 5.74) is 10.1. The Morgan fingerprint density at radius 2 is 0.616 bits per heavy atom. The summed E-state index contributed by atoms with van der Waals surface area (Å²) in [4.78, 5) is 86.5. The van der Waals surface area contributed by atoms with Crippen LogP contribution in [0.5, 0.6) is 0 Å². The Morgan fingerprint density at radius 1 is 0.342 bits per heavy atom. The Morgan fingerprint density at radius 3 is 0.904 bits per heavy atom. The van der Waals surface area contributed by atoms with Gasteiger partial charge in [-0.1, -0.05) is 91.0 Å². The van der Waals surface area contributed by atoms with E-state index in [-0.39, 0.29) is 99.5 Å².